The van der Waals surface area contributed by atoms with Gasteiger partial charge < -0.3 is 4.74 Å². The van der Waals surface area contributed by atoms with Crippen LogP contribution in [0.5, 0.6) is 0 Å². The summed E-state index contributed by atoms with van der Waals surface area (Å²) in [7, 11) is 0. The first-order chi connectivity index (χ1) is 10.2. The van der Waals surface area contributed by atoms with Crippen molar-refractivity contribution >= 4 is 0 Å². The Bertz CT molecular complexity index is 448. The summed E-state index contributed by atoms with van der Waals surface area (Å²) >= 11 is 0. The first-order valence-electron chi connectivity index (χ1n) is 8.39. The van der Waals surface area contributed by atoms with E-state index < -0.39 is 0 Å². The predicted molar refractivity (Wildman–Crippen MR) is 83.2 cm³/mol. The molecule has 0 aliphatic carbocycles. The lowest BCUT2D eigenvalue weighted by atomic mass is 9.98. The maximum atomic E-state index is 6.42. The number of quaternary nitrogens is 1. The number of benzene rings is 1. The van der Waals surface area contributed by atoms with Crippen LogP contribution >= 0.6 is 0 Å². The Morgan fingerprint density at radius 3 is 2.81 bits per heavy atom. The highest BCUT2D eigenvalue weighted by Gasteiger charge is 2.51. The minimum atomic E-state index is -0.0146. The van der Waals surface area contributed by atoms with Gasteiger partial charge in [0.25, 0.3) is 0 Å². The predicted octanol–water partition coefficient (Wildman–Crippen LogP) is 3.89. The van der Waals surface area contributed by atoms with Crippen molar-refractivity contribution in [1.82, 2.24) is 0 Å². The molecule has 1 aromatic carbocycles. The fraction of sp³-hybridized carbons (Fsp3) is 0.667. The zero-order valence-corrected chi connectivity index (χ0v) is 13.3. The number of rotatable bonds is 5. The Kier molecular flexibility index (Phi) is 4.63. The van der Waals surface area contributed by atoms with Gasteiger partial charge in [-0.25, -0.2) is 0 Å². The molecule has 21 heavy (non-hydrogen) atoms. The van der Waals surface area contributed by atoms with Crippen molar-refractivity contribution < 1.29 is 14.2 Å². The van der Waals surface area contributed by atoms with E-state index in [0.29, 0.717) is 12.0 Å². The van der Waals surface area contributed by atoms with Gasteiger partial charge in [-0.05, 0) is 18.8 Å². The fourth-order valence-corrected chi connectivity index (χ4v) is 3.66. The summed E-state index contributed by atoms with van der Waals surface area (Å²) in [5.41, 5.74) is 1.37. The van der Waals surface area contributed by atoms with Crippen LogP contribution < -0.4 is 0 Å². The molecule has 2 heterocycles. The van der Waals surface area contributed by atoms with Gasteiger partial charge in [-0.15, -0.1) is 0 Å². The molecule has 2 aliphatic heterocycles. The third-order valence-electron chi connectivity index (χ3n) is 4.69. The van der Waals surface area contributed by atoms with Crippen LogP contribution in [-0.4, -0.2) is 30.1 Å². The summed E-state index contributed by atoms with van der Waals surface area (Å²) in [6.45, 7) is 7.28. The number of piperidine rings is 1. The van der Waals surface area contributed by atoms with Crippen LogP contribution in [-0.2, 0) is 16.1 Å². The van der Waals surface area contributed by atoms with Gasteiger partial charge in [-0.1, -0.05) is 44.2 Å². The molecule has 0 saturated carbocycles. The molecule has 0 bridgehead atoms. The smallest absolute Gasteiger partial charge is 0.221 e. The molecule has 0 unspecified atom stereocenters. The normalized spacial score (nSPS) is 32.3. The Balaban J connectivity index is 1.70. The van der Waals surface area contributed by atoms with Crippen LogP contribution in [0.25, 0.3) is 0 Å². The number of hydrogen-bond donors (Lipinski definition) is 0. The first kappa shape index (κ1) is 15.0. The maximum absolute atomic E-state index is 6.42. The van der Waals surface area contributed by atoms with Gasteiger partial charge in [0.1, 0.15) is 19.1 Å². The van der Waals surface area contributed by atoms with Gasteiger partial charge in [0.2, 0.25) is 6.29 Å². The summed E-state index contributed by atoms with van der Waals surface area (Å²) in [5.74, 6) is 0.564. The molecule has 3 heteroatoms. The Labute approximate surface area is 128 Å². The monoisotopic (exact) mass is 290 g/mol. The zero-order chi connectivity index (χ0) is 14.7. The second-order valence-corrected chi connectivity index (χ2v) is 6.97. The van der Waals surface area contributed by atoms with E-state index in [4.69, 9.17) is 9.57 Å². The summed E-state index contributed by atoms with van der Waals surface area (Å²) in [5, 5.41) is 0. The van der Waals surface area contributed by atoms with Crippen molar-refractivity contribution in [3.8, 4) is 0 Å². The van der Waals surface area contributed by atoms with Crippen molar-refractivity contribution in [2.24, 2.45) is 5.92 Å². The van der Waals surface area contributed by atoms with Gasteiger partial charge >= 0.3 is 0 Å². The molecule has 2 fully saturated rings. The SMILES string of the molecule is CC(C)CO[C@@H]1C[C@H]2CCCC[N@+]2(Cc2ccccc2)O1. The summed E-state index contributed by atoms with van der Waals surface area (Å²) < 4.78 is 6.77. The highest BCUT2D eigenvalue weighted by molar-refractivity contribution is 5.13. The van der Waals surface area contributed by atoms with Crippen LogP contribution in [0.15, 0.2) is 30.3 Å². The number of ether oxygens (including phenoxy) is 1. The molecule has 0 spiro atoms. The van der Waals surface area contributed by atoms with E-state index in [0.717, 1.165) is 30.8 Å². The van der Waals surface area contributed by atoms with Gasteiger partial charge in [-0.2, -0.15) is 9.48 Å². The molecule has 116 valence electrons. The van der Waals surface area contributed by atoms with Crippen LogP contribution in [0.1, 0.15) is 45.1 Å². The van der Waals surface area contributed by atoms with E-state index in [1.165, 1.54) is 24.8 Å². The van der Waals surface area contributed by atoms with Gasteiger partial charge in [0.15, 0.2) is 0 Å². The molecule has 0 N–H and O–H groups in total. The molecule has 2 saturated heterocycles. The molecule has 2 aliphatic rings. The third kappa shape index (κ3) is 3.47. The number of hydrogen-bond acceptors (Lipinski definition) is 2. The Morgan fingerprint density at radius 1 is 1.24 bits per heavy atom. The molecule has 3 atom stereocenters. The van der Waals surface area contributed by atoms with Crippen LogP contribution in [0.2, 0.25) is 0 Å². The lowest BCUT2D eigenvalue weighted by Crippen LogP contribution is -2.52. The highest BCUT2D eigenvalue weighted by atomic mass is 16.8. The summed E-state index contributed by atoms with van der Waals surface area (Å²) in [4.78, 5) is 6.42. The van der Waals surface area contributed by atoms with E-state index in [1.807, 2.05) is 0 Å². The highest BCUT2D eigenvalue weighted by Crippen LogP contribution is 2.39. The minimum absolute atomic E-state index is 0.0146. The molecule has 3 nitrogen and oxygen atoms in total. The van der Waals surface area contributed by atoms with Crippen molar-refractivity contribution in [2.75, 3.05) is 13.2 Å². The van der Waals surface area contributed by atoms with Crippen LogP contribution in [0, 0.1) is 5.92 Å². The van der Waals surface area contributed by atoms with Crippen molar-refractivity contribution in [3.63, 3.8) is 0 Å². The molecule has 0 amide bonds. The summed E-state index contributed by atoms with van der Waals surface area (Å²) in [6, 6.07) is 11.4. The average molecular weight is 290 g/mol. The quantitative estimate of drug-likeness (QED) is 0.766. The molecular weight excluding hydrogens is 262 g/mol. The molecule has 3 rings (SSSR count). The molecular formula is C18H28NO2+. The van der Waals surface area contributed by atoms with Crippen molar-refractivity contribution in [2.45, 2.75) is 58.4 Å². The standard InChI is InChI=1S/C18H28NO2/c1-15(2)14-20-18-12-17-10-6-7-11-19(17,21-18)13-16-8-4-3-5-9-16/h3-5,8-9,15,17-18H,6-7,10-14H2,1-2H3/q+1/t17-,18+,19-/m1/s1. The van der Waals surface area contributed by atoms with E-state index >= 15 is 0 Å². The number of nitrogens with zero attached hydrogens (tertiary/aromatic N) is 1. The van der Waals surface area contributed by atoms with E-state index in [9.17, 15) is 0 Å². The second kappa shape index (κ2) is 6.47. The average Bonchev–Trinajstić information content (AvgIpc) is 2.84. The van der Waals surface area contributed by atoms with Crippen molar-refractivity contribution in [3.05, 3.63) is 35.9 Å². The van der Waals surface area contributed by atoms with E-state index in [-0.39, 0.29) is 6.29 Å². The molecule has 1 aromatic rings. The molecule has 0 aromatic heterocycles. The minimum Gasteiger partial charge on any atom is -0.347 e. The summed E-state index contributed by atoms with van der Waals surface area (Å²) in [6.07, 6.45) is 4.91. The number of fused-ring (bicyclic) bond motifs is 1. The van der Waals surface area contributed by atoms with Crippen LogP contribution in [0.4, 0.5) is 0 Å². The topological polar surface area (TPSA) is 18.5 Å². The van der Waals surface area contributed by atoms with Crippen molar-refractivity contribution in [1.29, 1.82) is 0 Å². The lowest BCUT2D eigenvalue weighted by Gasteiger charge is -2.39. The van der Waals surface area contributed by atoms with Gasteiger partial charge in [-0.3, -0.25) is 0 Å². The lowest BCUT2D eigenvalue weighted by molar-refractivity contribution is -1.13. The maximum Gasteiger partial charge on any atom is 0.221 e. The molecule has 0 radical (unpaired) electrons. The van der Waals surface area contributed by atoms with Gasteiger partial charge in [0.05, 0.1) is 13.0 Å². The van der Waals surface area contributed by atoms with E-state index in [2.05, 4.69) is 44.2 Å². The number of hydroxylamine groups is 3. The zero-order valence-electron chi connectivity index (χ0n) is 13.3. The second-order valence-electron chi connectivity index (χ2n) is 6.97. The van der Waals surface area contributed by atoms with Gasteiger partial charge in [0, 0.05) is 12.0 Å². The third-order valence-corrected chi connectivity index (χ3v) is 4.69. The Morgan fingerprint density at radius 2 is 2.05 bits per heavy atom. The van der Waals surface area contributed by atoms with Crippen LogP contribution in [0.3, 0.4) is 0 Å². The Hall–Kier alpha value is -0.900. The fourth-order valence-electron chi connectivity index (χ4n) is 3.66. The van der Waals surface area contributed by atoms with E-state index in [1.54, 1.807) is 0 Å². The largest absolute Gasteiger partial charge is 0.347 e. The first-order valence-corrected chi connectivity index (χ1v) is 8.39.